The Bertz CT molecular complexity index is 1540. The first-order chi connectivity index (χ1) is 20.4. The zero-order valence-corrected chi connectivity index (χ0v) is 24.2. The van der Waals surface area contributed by atoms with E-state index in [0.29, 0.717) is 44.8 Å². The Labute approximate surface area is 245 Å². The van der Waals surface area contributed by atoms with Crippen LogP contribution in [0.15, 0.2) is 35.5 Å². The van der Waals surface area contributed by atoms with E-state index in [9.17, 15) is 18.4 Å². The number of halogens is 4. The first kappa shape index (κ1) is 30.4. The van der Waals surface area contributed by atoms with Gasteiger partial charge in [0.25, 0.3) is 12.3 Å². The molecule has 0 radical (unpaired) electrons. The fraction of sp³-hybridized carbons (Fsp3) is 0.448. The highest BCUT2D eigenvalue weighted by molar-refractivity contribution is 6.07. The molecule has 2 N–H and O–H groups in total. The Morgan fingerprint density at radius 1 is 1.07 bits per heavy atom. The van der Waals surface area contributed by atoms with Crippen LogP contribution in [-0.2, 0) is 4.74 Å². The van der Waals surface area contributed by atoms with Crippen LogP contribution in [0.3, 0.4) is 0 Å². The molecule has 2 fully saturated rings. The first-order valence-corrected chi connectivity index (χ1v) is 13.9. The average molecular weight is 604 g/mol. The number of hydrogen-bond donors (Lipinski definition) is 2. The SMILES string of the molecule is CC1CN(c2ncc(-c3c(F)cc(N4CC(C)N(C)C(C)C4)c(NC(=O)c4c[nH]c(=O)cc4C(F)F)c3F)cn2)CCO1. The normalized spacial score (nSPS) is 21.4. The maximum absolute atomic E-state index is 16.4. The van der Waals surface area contributed by atoms with Crippen LogP contribution < -0.4 is 20.7 Å². The van der Waals surface area contributed by atoms with Gasteiger partial charge in [0.2, 0.25) is 11.5 Å². The Morgan fingerprint density at radius 2 is 1.74 bits per heavy atom. The van der Waals surface area contributed by atoms with E-state index in [-0.39, 0.29) is 35.1 Å². The molecular weight excluding hydrogens is 570 g/mol. The number of alkyl halides is 2. The highest BCUT2D eigenvalue weighted by atomic mass is 19.3. The number of piperazine rings is 1. The Morgan fingerprint density at radius 3 is 2.37 bits per heavy atom. The number of nitrogens with zero attached hydrogens (tertiary/aromatic N) is 5. The van der Waals surface area contributed by atoms with E-state index in [4.69, 9.17) is 4.74 Å². The second kappa shape index (κ2) is 12.3. The Hall–Kier alpha value is -4.04. The molecule has 5 rings (SSSR count). The second-order valence-electron chi connectivity index (χ2n) is 11.0. The van der Waals surface area contributed by atoms with Crippen molar-refractivity contribution < 1.29 is 27.1 Å². The van der Waals surface area contributed by atoms with Crippen molar-refractivity contribution in [2.75, 3.05) is 55.0 Å². The molecule has 2 aliphatic heterocycles. The molecule has 0 spiro atoms. The molecule has 2 aliphatic rings. The van der Waals surface area contributed by atoms with Crippen LogP contribution >= 0.6 is 0 Å². The molecule has 14 heteroatoms. The molecule has 0 aliphatic carbocycles. The van der Waals surface area contributed by atoms with Gasteiger partial charge in [-0.1, -0.05) is 0 Å². The molecule has 1 amide bonds. The zero-order chi connectivity index (χ0) is 31.0. The second-order valence-corrected chi connectivity index (χ2v) is 11.0. The van der Waals surface area contributed by atoms with Gasteiger partial charge in [-0.3, -0.25) is 14.5 Å². The highest BCUT2D eigenvalue weighted by Crippen LogP contribution is 2.39. The summed E-state index contributed by atoms with van der Waals surface area (Å²) in [4.78, 5) is 41.6. The highest BCUT2D eigenvalue weighted by Gasteiger charge is 2.32. The van der Waals surface area contributed by atoms with Crippen molar-refractivity contribution in [3.05, 3.63) is 63.8 Å². The molecular formula is C29H33F4N7O3. The summed E-state index contributed by atoms with van der Waals surface area (Å²) in [6.45, 7) is 8.23. The van der Waals surface area contributed by atoms with Crippen molar-refractivity contribution >= 4 is 23.2 Å². The number of rotatable bonds is 6. The number of likely N-dealkylation sites (N-methyl/N-ethyl adjacent to an activating group) is 1. The number of anilines is 3. The van der Waals surface area contributed by atoms with E-state index in [0.717, 1.165) is 12.3 Å². The number of nitrogens with one attached hydrogen (secondary N) is 2. The third kappa shape index (κ3) is 6.20. The maximum atomic E-state index is 16.4. The number of H-pyrrole nitrogens is 1. The molecule has 0 bridgehead atoms. The van der Waals surface area contributed by atoms with Crippen molar-refractivity contribution in [2.24, 2.45) is 0 Å². The van der Waals surface area contributed by atoms with Gasteiger partial charge in [-0.15, -0.1) is 0 Å². The van der Waals surface area contributed by atoms with E-state index in [2.05, 4.69) is 25.2 Å². The number of hydrogen-bond acceptors (Lipinski definition) is 8. The van der Waals surface area contributed by atoms with Crippen molar-refractivity contribution in [3.8, 4) is 11.1 Å². The molecule has 10 nitrogen and oxygen atoms in total. The van der Waals surface area contributed by atoms with Crippen molar-refractivity contribution in [3.63, 3.8) is 0 Å². The van der Waals surface area contributed by atoms with Crippen LogP contribution in [-0.4, -0.2) is 83.8 Å². The molecule has 3 atom stereocenters. The molecule has 2 aromatic heterocycles. The van der Waals surface area contributed by atoms with Gasteiger partial charge in [-0.2, -0.15) is 0 Å². The third-order valence-corrected chi connectivity index (χ3v) is 8.02. The monoisotopic (exact) mass is 603 g/mol. The molecule has 4 heterocycles. The van der Waals surface area contributed by atoms with Gasteiger partial charge in [0.15, 0.2) is 5.82 Å². The van der Waals surface area contributed by atoms with Gasteiger partial charge in [0.05, 0.1) is 29.5 Å². The third-order valence-electron chi connectivity index (χ3n) is 8.02. The van der Waals surface area contributed by atoms with E-state index in [1.165, 1.54) is 12.4 Å². The standard InChI is InChI=1S/C29H33F4N7O3/c1-15-12-40(13-16(2)38(15)4)22-8-21(30)24(18-9-35-29(36-10-18)39-5-6-43-17(3)14-39)25(31)26(22)37-28(42)20-11-34-23(41)7-19(20)27(32)33/h7-11,15-17,27H,5-6,12-14H2,1-4H3,(H,34,41)(H,37,42). The van der Waals surface area contributed by atoms with Gasteiger partial charge in [-0.25, -0.2) is 27.5 Å². The lowest BCUT2D eigenvalue weighted by Gasteiger charge is -2.44. The summed E-state index contributed by atoms with van der Waals surface area (Å²) in [7, 11) is 1.95. The van der Waals surface area contributed by atoms with Crippen LogP contribution in [0.5, 0.6) is 0 Å². The topological polar surface area (TPSA) is 107 Å². The zero-order valence-electron chi connectivity index (χ0n) is 24.2. The summed E-state index contributed by atoms with van der Waals surface area (Å²) < 4.78 is 65.2. The van der Waals surface area contributed by atoms with Gasteiger partial charge in [0, 0.05) is 80.1 Å². The first-order valence-electron chi connectivity index (χ1n) is 13.9. The van der Waals surface area contributed by atoms with Gasteiger partial charge >= 0.3 is 0 Å². The fourth-order valence-corrected chi connectivity index (χ4v) is 5.50. The molecule has 3 aromatic rings. The van der Waals surface area contributed by atoms with Crippen LogP contribution in [0.1, 0.15) is 43.1 Å². The summed E-state index contributed by atoms with van der Waals surface area (Å²) in [5.74, 6) is -2.73. The average Bonchev–Trinajstić information content (AvgIpc) is 2.97. The van der Waals surface area contributed by atoms with Crippen LogP contribution in [0.25, 0.3) is 11.1 Å². The summed E-state index contributed by atoms with van der Waals surface area (Å²) in [5.41, 5.74) is -2.96. The predicted molar refractivity (Wildman–Crippen MR) is 154 cm³/mol. The number of carbonyl (C=O) groups is 1. The van der Waals surface area contributed by atoms with Crippen molar-refractivity contribution in [1.29, 1.82) is 0 Å². The maximum Gasteiger partial charge on any atom is 0.264 e. The smallest absolute Gasteiger partial charge is 0.264 e. The lowest BCUT2D eigenvalue weighted by Crippen LogP contribution is -2.55. The summed E-state index contributed by atoms with van der Waals surface area (Å²) in [6.07, 6.45) is 0.275. The van der Waals surface area contributed by atoms with Crippen LogP contribution in [0.4, 0.5) is 34.9 Å². The predicted octanol–water partition coefficient (Wildman–Crippen LogP) is 4.05. The lowest BCUT2D eigenvalue weighted by atomic mass is 10.0. The van der Waals surface area contributed by atoms with E-state index in [1.807, 2.05) is 32.7 Å². The molecule has 2 saturated heterocycles. The Balaban J connectivity index is 1.57. The quantitative estimate of drug-likeness (QED) is 0.407. The number of carbonyl (C=O) groups excluding carboxylic acids is 1. The molecule has 230 valence electrons. The Kier molecular flexibility index (Phi) is 8.69. The number of ether oxygens (including phenoxy) is 1. The van der Waals surface area contributed by atoms with E-state index >= 15 is 8.78 Å². The summed E-state index contributed by atoms with van der Waals surface area (Å²) in [5, 5.41) is 2.40. The minimum absolute atomic E-state index is 0.00610. The molecule has 43 heavy (non-hydrogen) atoms. The fourth-order valence-electron chi connectivity index (χ4n) is 5.50. The molecule has 0 saturated carbocycles. The van der Waals surface area contributed by atoms with E-state index < -0.39 is 46.2 Å². The van der Waals surface area contributed by atoms with E-state index in [1.54, 1.807) is 4.90 Å². The summed E-state index contributed by atoms with van der Waals surface area (Å²) in [6, 6.07) is 1.75. The summed E-state index contributed by atoms with van der Waals surface area (Å²) >= 11 is 0. The minimum Gasteiger partial charge on any atom is -0.375 e. The van der Waals surface area contributed by atoms with Crippen molar-refractivity contribution in [2.45, 2.75) is 45.4 Å². The number of pyridine rings is 1. The van der Waals surface area contributed by atoms with Gasteiger partial charge < -0.3 is 24.8 Å². The number of morpholine rings is 1. The van der Waals surface area contributed by atoms with Gasteiger partial charge in [-0.05, 0) is 27.8 Å². The molecule has 3 unspecified atom stereocenters. The number of aromatic amines is 1. The van der Waals surface area contributed by atoms with Gasteiger partial charge in [0.1, 0.15) is 11.5 Å². The minimum atomic E-state index is -3.14. The van der Waals surface area contributed by atoms with Crippen LogP contribution in [0.2, 0.25) is 0 Å². The lowest BCUT2D eigenvalue weighted by molar-refractivity contribution is 0.0526. The number of benzene rings is 1. The van der Waals surface area contributed by atoms with Crippen LogP contribution in [0, 0.1) is 11.6 Å². The van der Waals surface area contributed by atoms with Crippen molar-refractivity contribution in [1.82, 2.24) is 19.9 Å². The largest absolute Gasteiger partial charge is 0.375 e. The number of aromatic nitrogens is 3. The molecule has 1 aromatic carbocycles. The number of amides is 1.